The van der Waals surface area contributed by atoms with Crippen LogP contribution in [0.5, 0.6) is 0 Å². The van der Waals surface area contributed by atoms with Gasteiger partial charge in [0.15, 0.2) is 0 Å². The number of aryl methyl sites for hydroxylation is 4. The summed E-state index contributed by atoms with van der Waals surface area (Å²) in [5.41, 5.74) is 39.6. The van der Waals surface area contributed by atoms with Crippen LogP contribution in [0.4, 0.5) is 0 Å². The maximum Gasteiger partial charge on any atom is 0.0619 e. The van der Waals surface area contributed by atoms with Crippen LogP contribution < -0.4 is 0 Å². The molecular weight excluding hydrogens is 1550 g/mol. The molecule has 4 heteroatoms. The van der Waals surface area contributed by atoms with Crippen LogP contribution in [0.1, 0.15) is 22.3 Å². The SMILES string of the molecule is Cc1ccc(-n2c3c(-c4ccccc4)cccc3c3cccc(-c4ccccc4)c32)cc1.Cc1ccc(-n2c3ccc(-c4ccccc4)cc3c3cccc(-c4ccccc4)c32)cc1.Cc1cccc(-n2c3ccc(-c4ccccc4)cc3c3ccc(-c4ccccc4)cc32)c1.Cc1ccccc1-n1c2ccc(-c3ccccc3)cc2c2ccc(-c3ccccc3)cc21. The Bertz CT molecular complexity index is 8020. The first-order chi connectivity index (χ1) is 63.2. The van der Waals surface area contributed by atoms with E-state index in [0.29, 0.717) is 0 Å². The van der Waals surface area contributed by atoms with Crippen LogP contribution in [0.15, 0.2) is 485 Å². The molecule has 0 aliphatic heterocycles. The molecule has 0 saturated heterocycles. The summed E-state index contributed by atoms with van der Waals surface area (Å²) >= 11 is 0. The first kappa shape index (κ1) is 78.8. The van der Waals surface area contributed by atoms with Crippen molar-refractivity contribution in [2.24, 2.45) is 0 Å². The van der Waals surface area contributed by atoms with E-state index in [0.717, 1.165) is 0 Å². The molecule has 0 radical (unpaired) electrons. The largest absolute Gasteiger partial charge is 0.309 e. The molecule has 0 saturated carbocycles. The standard InChI is InChI=1S/4C31H23N/c1-22-18-20-25(21-19-22)32-30-26(23-10-4-2-5-11-23)14-8-16-28(30)29-17-9-15-27(31(29)32)24-12-6-3-7-13-24;1-22-10-8-9-15-29(22)32-30-19-17-25(23-11-4-2-5-12-23)20-28(30)27-18-16-26(21-31(27)32)24-13-6-3-7-14-24;1-22-9-8-14-27(19-22)32-30-18-16-25(23-10-4-2-5-11-23)20-29(30)28-17-15-26(21-31(28)32)24-12-6-3-7-13-24;1-22-15-18-26(19-16-22)32-30-20-17-25(23-9-4-2-5-10-23)21-29(30)28-14-8-13-27(31(28)32)24-11-6-3-7-12-24/h4*2-21H,1H3. The first-order valence-corrected chi connectivity index (χ1v) is 44.2. The van der Waals surface area contributed by atoms with Crippen molar-refractivity contribution in [1.82, 2.24) is 18.3 Å². The summed E-state index contributed by atoms with van der Waals surface area (Å²) in [6.45, 7) is 8.62. The zero-order valence-corrected chi connectivity index (χ0v) is 72.0. The van der Waals surface area contributed by atoms with Crippen LogP contribution >= 0.6 is 0 Å². The van der Waals surface area contributed by atoms with E-state index in [-0.39, 0.29) is 0 Å². The Morgan fingerprint density at radius 2 is 0.438 bits per heavy atom. The van der Waals surface area contributed by atoms with E-state index in [1.165, 1.54) is 221 Å². The fourth-order valence-electron chi connectivity index (χ4n) is 18.9. The van der Waals surface area contributed by atoms with Gasteiger partial charge in [-0.1, -0.05) is 405 Å². The van der Waals surface area contributed by atoms with Crippen molar-refractivity contribution in [3.63, 3.8) is 0 Å². The number of rotatable bonds is 12. The first-order valence-electron chi connectivity index (χ1n) is 44.2. The molecule has 608 valence electrons. The number of hydrogen-bond acceptors (Lipinski definition) is 0. The van der Waals surface area contributed by atoms with Gasteiger partial charge in [-0.05, 0) is 202 Å². The van der Waals surface area contributed by atoms with Crippen LogP contribution in [0.3, 0.4) is 0 Å². The van der Waals surface area contributed by atoms with E-state index in [4.69, 9.17) is 0 Å². The summed E-state index contributed by atoms with van der Waals surface area (Å²) in [7, 11) is 0. The van der Waals surface area contributed by atoms with Crippen molar-refractivity contribution in [1.29, 1.82) is 0 Å². The molecule has 24 aromatic rings. The Kier molecular flexibility index (Phi) is 21.4. The maximum atomic E-state index is 2.45. The van der Waals surface area contributed by atoms with Crippen molar-refractivity contribution in [2.75, 3.05) is 0 Å². The van der Waals surface area contributed by atoms with Crippen molar-refractivity contribution in [2.45, 2.75) is 27.7 Å². The number of aromatic nitrogens is 4. The third-order valence-electron chi connectivity index (χ3n) is 25.1. The number of benzene rings is 20. The molecule has 0 atom stereocenters. The summed E-state index contributed by atoms with van der Waals surface area (Å²) in [6.07, 6.45) is 0. The molecule has 4 aromatic heterocycles. The molecule has 4 heterocycles. The number of hydrogen-bond donors (Lipinski definition) is 0. The summed E-state index contributed by atoms with van der Waals surface area (Å²) in [6, 6.07) is 175. The molecule has 0 spiro atoms. The van der Waals surface area contributed by atoms with Gasteiger partial charge in [-0.2, -0.15) is 0 Å². The lowest BCUT2D eigenvalue weighted by Gasteiger charge is -2.14. The van der Waals surface area contributed by atoms with E-state index >= 15 is 0 Å². The van der Waals surface area contributed by atoms with E-state index in [1.54, 1.807) is 0 Å². The normalized spacial score (nSPS) is 11.3. The van der Waals surface area contributed by atoms with Crippen molar-refractivity contribution in [3.8, 4) is 112 Å². The smallest absolute Gasteiger partial charge is 0.0619 e. The second kappa shape index (κ2) is 34.7. The molecule has 20 aromatic carbocycles. The number of para-hydroxylation sites is 4. The van der Waals surface area contributed by atoms with Crippen molar-refractivity contribution in [3.05, 3.63) is 508 Å². The molecular formula is C124H92N4. The second-order valence-electron chi connectivity index (χ2n) is 33.3. The van der Waals surface area contributed by atoms with Gasteiger partial charge in [0, 0.05) is 82.5 Å². The predicted octanol–water partition coefficient (Wildman–Crippen LogP) is 33.7. The third-order valence-corrected chi connectivity index (χ3v) is 25.1. The lowest BCUT2D eigenvalue weighted by atomic mass is 10.0. The molecule has 0 unspecified atom stereocenters. The summed E-state index contributed by atoms with van der Waals surface area (Å²) < 4.78 is 9.69. The number of nitrogens with zero attached hydrogens (tertiary/aromatic N) is 4. The molecule has 4 nitrogen and oxygen atoms in total. The molecule has 0 aliphatic rings. The molecule has 24 rings (SSSR count). The molecule has 0 aliphatic carbocycles. The minimum Gasteiger partial charge on any atom is -0.309 e. The average molecular weight is 1640 g/mol. The van der Waals surface area contributed by atoms with Gasteiger partial charge in [-0.3, -0.25) is 0 Å². The Balaban J connectivity index is 0.000000104. The van der Waals surface area contributed by atoms with E-state index in [1.807, 2.05) is 0 Å². The predicted molar refractivity (Wildman–Crippen MR) is 546 cm³/mol. The van der Waals surface area contributed by atoms with Crippen LogP contribution in [0.2, 0.25) is 0 Å². The molecule has 128 heavy (non-hydrogen) atoms. The fourth-order valence-corrected chi connectivity index (χ4v) is 18.9. The Labute approximate surface area is 747 Å². The van der Waals surface area contributed by atoms with Gasteiger partial charge < -0.3 is 18.3 Å². The van der Waals surface area contributed by atoms with Gasteiger partial charge in [-0.25, -0.2) is 0 Å². The van der Waals surface area contributed by atoms with Crippen LogP contribution in [-0.2, 0) is 0 Å². The Morgan fingerprint density at radius 3 is 0.820 bits per heavy atom. The van der Waals surface area contributed by atoms with E-state index < -0.39 is 0 Å². The van der Waals surface area contributed by atoms with Gasteiger partial charge in [0.2, 0.25) is 0 Å². The van der Waals surface area contributed by atoms with Crippen LogP contribution in [-0.4, -0.2) is 18.3 Å². The monoisotopic (exact) mass is 1640 g/mol. The highest BCUT2D eigenvalue weighted by atomic mass is 15.0. The Hall–Kier alpha value is -16.4. The van der Waals surface area contributed by atoms with Crippen molar-refractivity contribution >= 4 is 87.2 Å². The molecule has 0 amide bonds. The van der Waals surface area contributed by atoms with Crippen LogP contribution in [0.25, 0.3) is 199 Å². The zero-order valence-electron chi connectivity index (χ0n) is 72.0. The van der Waals surface area contributed by atoms with Gasteiger partial charge in [0.05, 0.1) is 44.1 Å². The topological polar surface area (TPSA) is 19.7 Å². The van der Waals surface area contributed by atoms with Gasteiger partial charge in [0.25, 0.3) is 0 Å². The fraction of sp³-hybridized carbons (Fsp3) is 0.0323. The highest BCUT2D eigenvalue weighted by Crippen LogP contribution is 2.46. The molecule has 0 fully saturated rings. The van der Waals surface area contributed by atoms with E-state index in [2.05, 4.69) is 531 Å². The third kappa shape index (κ3) is 15.2. The van der Waals surface area contributed by atoms with Gasteiger partial charge in [0.1, 0.15) is 0 Å². The Morgan fingerprint density at radius 1 is 0.141 bits per heavy atom. The number of fused-ring (bicyclic) bond motifs is 12. The zero-order chi connectivity index (χ0) is 86.0. The second-order valence-corrected chi connectivity index (χ2v) is 33.3. The average Bonchev–Trinajstić information content (AvgIpc) is 1.59. The maximum absolute atomic E-state index is 2.45. The molecule has 0 bridgehead atoms. The summed E-state index contributed by atoms with van der Waals surface area (Å²) in [5, 5.41) is 10.2. The molecule has 0 N–H and O–H groups in total. The van der Waals surface area contributed by atoms with Crippen molar-refractivity contribution < 1.29 is 0 Å². The minimum absolute atomic E-state index is 1.18. The summed E-state index contributed by atoms with van der Waals surface area (Å²) in [4.78, 5) is 0. The lowest BCUT2D eigenvalue weighted by Crippen LogP contribution is -1.97. The quantitative estimate of drug-likeness (QED) is 0.116. The highest BCUT2D eigenvalue weighted by Gasteiger charge is 2.23. The van der Waals surface area contributed by atoms with E-state index in [9.17, 15) is 0 Å². The van der Waals surface area contributed by atoms with Gasteiger partial charge >= 0.3 is 0 Å². The van der Waals surface area contributed by atoms with Crippen LogP contribution in [0, 0.1) is 27.7 Å². The highest BCUT2D eigenvalue weighted by molar-refractivity contribution is 6.19. The summed E-state index contributed by atoms with van der Waals surface area (Å²) in [5.74, 6) is 0. The minimum atomic E-state index is 1.18. The van der Waals surface area contributed by atoms with Gasteiger partial charge in [-0.15, -0.1) is 0 Å². The lowest BCUT2D eigenvalue weighted by molar-refractivity contribution is 1.15.